The van der Waals surface area contributed by atoms with Gasteiger partial charge in [0.15, 0.2) is 0 Å². The van der Waals surface area contributed by atoms with Crippen LogP contribution in [0.4, 0.5) is 10.1 Å². The molecule has 29 heavy (non-hydrogen) atoms. The molecule has 1 fully saturated rings. The smallest absolute Gasteiger partial charge is 0.227 e. The lowest BCUT2D eigenvalue weighted by Gasteiger charge is -2.16. The molecule has 1 aromatic heterocycles. The van der Waals surface area contributed by atoms with E-state index in [0.717, 1.165) is 47.8 Å². The number of carbonyl (C=O) groups is 1. The second-order valence-corrected chi connectivity index (χ2v) is 7.46. The molecule has 2 heterocycles. The first-order valence-electron chi connectivity index (χ1n) is 9.94. The van der Waals surface area contributed by atoms with E-state index in [4.69, 9.17) is 0 Å². The number of benzene rings is 2. The van der Waals surface area contributed by atoms with Crippen molar-refractivity contribution in [2.75, 3.05) is 11.4 Å². The van der Waals surface area contributed by atoms with Gasteiger partial charge < -0.3 is 10.2 Å². The fourth-order valence-electron chi connectivity index (χ4n) is 3.81. The summed E-state index contributed by atoms with van der Waals surface area (Å²) in [7, 11) is 0. The van der Waals surface area contributed by atoms with Crippen LogP contribution in [0.25, 0.3) is 5.69 Å². The van der Waals surface area contributed by atoms with Crippen LogP contribution in [0.15, 0.2) is 48.5 Å². The van der Waals surface area contributed by atoms with E-state index in [9.17, 15) is 9.18 Å². The molecule has 0 unspecified atom stereocenters. The first-order chi connectivity index (χ1) is 14.0. The fourth-order valence-corrected chi connectivity index (χ4v) is 3.81. The molecule has 1 saturated heterocycles. The molecule has 6 heteroatoms. The van der Waals surface area contributed by atoms with Crippen LogP contribution in [0.2, 0.25) is 0 Å². The molecule has 150 valence electrons. The predicted octanol–water partition coefficient (Wildman–Crippen LogP) is 4.04. The van der Waals surface area contributed by atoms with Gasteiger partial charge in [0, 0.05) is 43.0 Å². The van der Waals surface area contributed by atoms with Gasteiger partial charge in [0.2, 0.25) is 5.91 Å². The third-order valence-electron chi connectivity index (χ3n) is 5.46. The minimum Gasteiger partial charge on any atom is -0.312 e. The molecular weight excluding hydrogens is 367 g/mol. The zero-order chi connectivity index (χ0) is 20.4. The lowest BCUT2D eigenvalue weighted by atomic mass is 10.1. The van der Waals surface area contributed by atoms with Gasteiger partial charge >= 0.3 is 0 Å². The van der Waals surface area contributed by atoms with Crippen molar-refractivity contribution in [1.82, 2.24) is 15.1 Å². The summed E-state index contributed by atoms with van der Waals surface area (Å²) in [6, 6.07) is 14.5. The molecule has 0 atom stereocenters. The number of nitrogens with one attached hydrogen (secondary N) is 1. The summed E-state index contributed by atoms with van der Waals surface area (Å²) in [6.07, 6.45) is 1.58. The summed E-state index contributed by atoms with van der Waals surface area (Å²) < 4.78 is 15.0. The topological polar surface area (TPSA) is 50.2 Å². The third-order valence-corrected chi connectivity index (χ3v) is 5.46. The van der Waals surface area contributed by atoms with Crippen molar-refractivity contribution in [3.8, 4) is 5.69 Å². The highest BCUT2D eigenvalue weighted by Crippen LogP contribution is 2.22. The van der Waals surface area contributed by atoms with E-state index >= 15 is 0 Å². The standard InChI is InChI=1S/C23H25FN4O/c1-16-22(17(2)28(26-16)21-11-7-19(24)8-12-21)15-25-14-18-5-9-20(10-6-18)27-13-3-4-23(27)29/h5-12,25H,3-4,13-15H2,1-2H3. The Balaban J connectivity index is 1.39. The number of carbonyl (C=O) groups excluding carboxylic acids is 1. The number of hydrogen-bond donors (Lipinski definition) is 1. The molecule has 1 amide bonds. The number of aromatic nitrogens is 2. The first-order valence-corrected chi connectivity index (χ1v) is 9.94. The molecular formula is C23H25FN4O. The van der Waals surface area contributed by atoms with Gasteiger partial charge in [-0.3, -0.25) is 4.79 Å². The Morgan fingerprint density at radius 2 is 1.69 bits per heavy atom. The summed E-state index contributed by atoms with van der Waals surface area (Å²) in [5.41, 5.74) is 6.15. The van der Waals surface area contributed by atoms with Crippen molar-refractivity contribution in [2.24, 2.45) is 0 Å². The zero-order valence-electron chi connectivity index (χ0n) is 16.8. The normalized spacial score (nSPS) is 14.0. The minimum absolute atomic E-state index is 0.208. The summed E-state index contributed by atoms with van der Waals surface area (Å²) in [5.74, 6) is -0.0442. The molecule has 5 nitrogen and oxygen atoms in total. The number of aryl methyl sites for hydroxylation is 1. The molecule has 0 spiro atoms. The Labute approximate surface area is 170 Å². The third kappa shape index (κ3) is 4.07. The van der Waals surface area contributed by atoms with Gasteiger partial charge in [-0.2, -0.15) is 5.10 Å². The van der Waals surface area contributed by atoms with Crippen LogP contribution in [0, 0.1) is 19.7 Å². The average Bonchev–Trinajstić information content (AvgIpc) is 3.27. The lowest BCUT2D eigenvalue weighted by molar-refractivity contribution is -0.117. The molecule has 2 aromatic carbocycles. The van der Waals surface area contributed by atoms with Gasteiger partial charge in [0.05, 0.1) is 11.4 Å². The molecule has 1 aliphatic heterocycles. The number of halogens is 1. The maximum absolute atomic E-state index is 13.2. The van der Waals surface area contributed by atoms with E-state index in [1.807, 2.05) is 35.6 Å². The molecule has 0 aliphatic carbocycles. The predicted molar refractivity (Wildman–Crippen MR) is 112 cm³/mol. The van der Waals surface area contributed by atoms with E-state index in [-0.39, 0.29) is 11.7 Å². The monoisotopic (exact) mass is 392 g/mol. The van der Waals surface area contributed by atoms with E-state index in [2.05, 4.69) is 22.5 Å². The van der Waals surface area contributed by atoms with E-state index in [1.165, 1.54) is 17.7 Å². The second-order valence-electron chi connectivity index (χ2n) is 7.46. The minimum atomic E-state index is -0.253. The van der Waals surface area contributed by atoms with Gasteiger partial charge in [0.25, 0.3) is 0 Å². The largest absolute Gasteiger partial charge is 0.312 e. The lowest BCUT2D eigenvalue weighted by Crippen LogP contribution is -2.23. The first kappa shape index (κ1) is 19.3. The van der Waals surface area contributed by atoms with Crippen LogP contribution >= 0.6 is 0 Å². The Hall–Kier alpha value is -2.99. The molecule has 3 aromatic rings. The summed E-state index contributed by atoms with van der Waals surface area (Å²) >= 11 is 0. The molecule has 0 radical (unpaired) electrons. The molecule has 0 bridgehead atoms. The average molecular weight is 392 g/mol. The van der Waals surface area contributed by atoms with Crippen molar-refractivity contribution < 1.29 is 9.18 Å². The van der Waals surface area contributed by atoms with Gasteiger partial charge in [-0.15, -0.1) is 0 Å². The van der Waals surface area contributed by atoms with E-state index in [1.54, 1.807) is 12.1 Å². The molecule has 0 saturated carbocycles. The van der Waals surface area contributed by atoms with Crippen molar-refractivity contribution in [3.63, 3.8) is 0 Å². The molecule has 1 aliphatic rings. The van der Waals surface area contributed by atoms with E-state index < -0.39 is 0 Å². The second kappa shape index (κ2) is 8.17. The van der Waals surface area contributed by atoms with Crippen LogP contribution in [-0.2, 0) is 17.9 Å². The molecule has 4 rings (SSSR count). The van der Waals surface area contributed by atoms with Gasteiger partial charge in [-0.25, -0.2) is 9.07 Å². The highest BCUT2D eigenvalue weighted by atomic mass is 19.1. The highest BCUT2D eigenvalue weighted by molar-refractivity contribution is 5.95. The van der Waals surface area contributed by atoms with Crippen LogP contribution in [-0.4, -0.2) is 22.2 Å². The number of hydrogen-bond acceptors (Lipinski definition) is 3. The SMILES string of the molecule is Cc1nn(-c2ccc(F)cc2)c(C)c1CNCc1ccc(N2CCCC2=O)cc1. The van der Waals surface area contributed by atoms with Crippen LogP contribution < -0.4 is 10.2 Å². The summed E-state index contributed by atoms with van der Waals surface area (Å²) in [4.78, 5) is 13.7. The van der Waals surface area contributed by atoms with Crippen molar-refractivity contribution in [3.05, 3.63) is 76.9 Å². The molecule has 1 N–H and O–H groups in total. The maximum Gasteiger partial charge on any atom is 0.227 e. The Morgan fingerprint density at radius 3 is 2.34 bits per heavy atom. The summed E-state index contributed by atoms with van der Waals surface area (Å²) in [6.45, 7) is 6.27. The van der Waals surface area contributed by atoms with Crippen molar-refractivity contribution in [2.45, 2.75) is 39.8 Å². The van der Waals surface area contributed by atoms with Crippen LogP contribution in [0.3, 0.4) is 0 Å². The number of rotatable bonds is 6. The van der Waals surface area contributed by atoms with Gasteiger partial charge in [-0.1, -0.05) is 12.1 Å². The van der Waals surface area contributed by atoms with Gasteiger partial charge in [0.1, 0.15) is 5.82 Å². The van der Waals surface area contributed by atoms with E-state index in [0.29, 0.717) is 13.0 Å². The number of amides is 1. The number of nitrogens with zero attached hydrogens (tertiary/aromatic N) is 3. The zero-order valence-corrected chi connectivity index (χ0v) is 16.8. The van der Waals surface area contributed by atoms with Gasteiger partial charge in [-0.05, 0) is 62.2 Å². The highest BCUT2D eigenvalue weighted by Gasteiger charge is 2.21. The van der Waals surface area contributed by atoms with Crippen molar-refractivity contribution >= 4 is 11.6 Å². The quantitative estimate of drug-likeness (QED) is 0.689. The Bertz CT molecular complexity index is 1010. The summed E-state index contributed by atoms with van der Waals surface area (Å²) in [5, 5.41) is 8.09. The fraction of sp³-hybridized carbons (Fsp3) is 0.304. The number of anilines is 1. The Kier molecular flexibility index (Phi) is 5.45. The van der Waals surface area contributed by atoms with Crippen molar-refractivity contribution in [1.29, 1.82) is 0 Å². The maximum atomic E-state index is 13.2. The van der Waals surface area contributed by atoms with Crippen LogP contribution in [0.5, 0.6) is 0 Å². The van der Waals surface area contributed by atoms with Crippen LogP contribution in [0.1, 0.15) is 35.4 Å². The Morgan fingerprint density at radius 1 is 1.00 bits per heavy atom.